The third-order valence-electron chi connectivity index (χ3n) is 2.12. The third-order valence-corrected chi connectivity index (χ3v) is 2.12. The van der Waals surface area contributed by atoms with E-state index in [0.717, 1.165) is 0 Å². The number of fused-ring (bicyclic) bond motifs is 1. The fourth-order valence-electron chi connectivity index (χ4n) is 1.42. The van der Waals surface area contributed by atoms with E-state index >= 15 is 0 Å². The zero-order valence-electron chi connectivity index (χ0n) is 7.16. The average molecular weight is 179 g/mol. The topological polar surface area (TPSA) is 59.2 Å². The number of carbonyl (C=O) groups is 1. The van der Waals surface area contributed by atoms with Crippen molar-refractivity contribution in [3.63, 3.8) is 0 Å². The van der Waals surface area contributed by atoms with Gasteiger partial charge in [0.15, 0.2) is 5.78 Å². The van der Waals surface area contributed by atoms with Crippen molar-refractivity contribution in [3.8, 4) is 0 Å². The Morgan fingerprint density at radius 3 is 3.00 bits per heavy atom. The molecule has 0 aromatic carbocycles. The Morgan fingerprint density at radius 2 is 2.23 bits per heavy atom. The van der Waals surface area contributed by atoms with E-state index in [0.29, 0.717) is 11.3 Å². The molecule has 4 nitrogen and oxygen atoms in total. The molecule has 0 radical (unpaired) electrons. The quantitative estimate of drug-likeness (QED) is 0.636. The molecule has 1 atom stereocenters. The van der Waals surface area contributed by atoms with E-state index < -0.39 is 0 Å². The Balaban J connectivity index is 2.63. The SMILES string of the molecule is CC1OCC(=O)c2ccc(=O)[nH]c21. The van der Waals surface area contributed by atoms with Crippen molar-refractivity contribution in [1.82, 2.24) is 4.98 Å². The highest BCUT2D eigenvalue weighted by molar-refractivity contribution is 5.98. The summed E-state index contributed by atoms with van der Waals surface area (Å²) in [6.45, 7) is 1.90. The van der Waals surface area contributed by atoms with E-state index in [1.54, 1.807) is 13.0 Å². The number of H-pyrrole nitrogens is 1. The lowest BCUT2D eigenvalue weighted by Gasteiger charge is -2.20. The van der Waals surface area contributed by atoms with Gasteiger partial charge in [-0.15, -0.1) is 0 Å². The summed E-state index contributed by atoms with van der Waals surface area (Å²) in [6, 6.07) is 2.91. The van der Waals surface area contributed by atoms with Crippen LogP contribution in [-0.2, 0) is 4.74 Å². The van der Waals surface area contributed by atoms with E-state index in [4.69, 9.17) is 4.74 Å². The molecule has 1 unspecified atom stereocenters. The molecule has 1 aromatic heterocycles. The van der Waals surface area contributed by atoms with E-state index in [9.17, 15) is 9.59 Å². The van der Waals surface area contributed by atoms with Gasteiger partial charge in [-0.2, -0.15) is 0 Å². The molecule has 1 aliphatic heterocycles. The van der Waals surface area contributed by atoms with E-state index in [2.05, 4.69) is 4.98 Å². The first-order valence-corrected chi connectivity index (χ1v) is 4.06. The van der Waals surface area contributed by atoms with Gasteiger partial charge in [0.25, 0.3) is 0 Å². The number of aromatic nitrogens is 1. The maximum absolute atomic E-state index is 11.3. The smallest absolute Gasteiger partial charge is 0.248 e. The van der Waals surface area contributed by atoms with Crippen LogP contribution in [-0.4, -0.2) is 17.4 Å². The molecule has 2 heterocycles. The van der Waals surface area contributed by atoms with Crippen LogP contribution in [0.5, 0.6) is 0 Å². The lowest BCUT2D eigenvalue weighted by Crippen LogP contribution is -2.25. The van der Waals surface area contributed by atoms with Crippen LogP contribution in [0, 0.1) is 0 Å². The second kappa shape index (κ2) is 2.81. The summed E-state index contributed by atoms with van der Waals surface area (Å²) in [6.07, 6.45) is -0.207. The molecular formula is C9H9NO3. The number of rotatable bonds is 0. The van der Waals surface area contributed by atoms with Crippen LogP contribution in [0.1, 0.15) is 29.1 Å². The highest BCUT2D eigenvalue weighted by Gasteiger charge is 2.23. The second-order valence-electron chi connectivity index (χ2n) is 3.03. The summed E-state index contributed by atoms with van der Waals surface area (Å²) in [4.78, 5) is 24.9. The van der Waals surface area contributed by atoms with Crippen LogP contribution in [0.3, 0.4) is 0 Å². The molecule has 13 heavy (non-hydrogen) atoms. The van der Waals surface area contributed by atoms with Gasteiger partial charge in [-0.25, -0.2) is 0 Å². The first-order valence-electron chi connectivity index (χ1n) is 4.06. The molecule has 2 rings (SSSR count). The van der Waals surface area contributed by atoms with Crippen molar-refractivity contribution in [2.24, 2.45) is 0 Å². The van der Waals surface area contributed by atoms with Crippen LogP contribution in [0.15, 0.2) is 16.9 Å². The molecule has 1 aliphatic rings. The molecule has 1 aromatic rings. The zero-order chi connectivity index (χ0) is 9.42. The van der Waals surface area contributed by atoms with Gasteiger partial charge in [-0.3, -0.25) is 9.59 Å². The standard InChI is InChI=1S/C9H9NO3/c1-5-9-6(7(11)4-13-5)2-3-8(12)10-9/h2-3,5H,4H2,1H3,(H,10,12). The van der Waals surface area contributed by atoms with Crippen LogP contribution < -0.4 is 5.56 Å². The van der Waals surface area contributed by atoms with Crippen LogP contribution in [0.25, 0.3) is 0 Å². The molecule has 0 saturated heterocycles. The fourth-order valence-corrected chi connectivity index (χ4v) is 1.42. The Kier molecular flexibility index (Phi) is 1.77. The number of nitrogens with one attached hydrogen (secondary N) is 1. The summed E-state index contributed by atoms with van der Waals surface area (Å²) in [5.74, 6) is -0.0793. The van der Waals surface area contributed by atoms with E-state index in [1.165, 1.54) is 6.07 Å². The number of ether oxygens (including phenoxy) is 1. The molecule has 1 N–H and O–H groups in total. The molecule has 0 amide bonds. The lowest BCUT2D eigenvalue weighted by molar-refractivity contribution is 0.0415. The van der Waals surface area contributed by atoms with Gasteiger partial charge >= 0.3 is 0 Å². The fraction of sp³-hybridized carbons (Fsp3) is 0.333. The Labute approximate surface area is 74.5 Å². The minimum atomic E-state index is -0.207. The number of hydrogen-bond acceptors (Lipinski definition) is 3. The van der Waals surface area contributed by atoms with Gasteiger partial charge in [-0.05, 0) is 13.0 Å². The highest BCUT2D eigenvalue weighted by Crippen LogP contribution is 2.22. The molecule has 0 fully saturated rings. The average Bonchev–Trinajstić information content (AvgIpc) is 2.12. The maximum Gasteiger partial charge on any atom is 0.248 e. The maximum atomic E-state index is 11.3. The molecule has 0 aliphatic carbocycles. The van der Waals surface area contributed by atoms with Gasteiger partial charge in [0, 0.05) is 11.6 Å². The summed E-state index contributed by atoms with van der Waals surface area (Å²) >= 11 is 0. The van der Waals surface area contributed by atoms with Crippen molar-refractivity contribution in [2.45, 2.75) is 13.0 Å². The van der Waals surface area contributed by atoms with Gasteiger partial charge < -0.3 is 9.72 Å². The molecule has 4 heteroatoms. The van der Waals surface area contributed by atoms with Gasteiger partial charge in [0.2, 0.25) is 5.56 Å². The number of aromatic amines is 1. The van der Waals surface area contributed by atoms with Crippen LogP contribution >= 0.6 is 0 Å². The Hall–Kier alpha value is -1.42. The molecule has 0 bridgehead atoms. The minimum Gasteiger partial charge on any atom is -0.364 e. The Morgan fingerprint density at radius 1 is 1.46 bits per heavy atom. The number of ketones is 1. The molecular weight excluding hydrogens is 170 g/mol. The number of Topliss-reactive ketones (excluding diaryl/α,β-unsaturated/α-hetero) is 1. The summed E-state index contributed by atoms with van der Waals surface area (Å²) < 4.78 is 5.15. The van der Waals surface area contributed by atoms with Gasteiger partial charge in [0.05, 0.1) is 11.8 Å². The van der Waals surface area contributed by atoms with Gasteiger partial charge in [0.1, 0.15) is 6.61 Å². The highest BCUT2D eigenvalue weighted by atomic mass is 16.5. The number of carbonyl (C=O) groups excluding carboxylic acids is 1. The van der Waals surface area contributed by atoms with Crippen LogP contribution in [0.2, 0.25) is 0 Å². The third kappa shape index (κ3) is 1.29. The van der Waals surface area contributed by atoms with Gasteiger partial charge in [-0.1, -0.05) is 0 Å². The predicted octanol–water partition coefficient (Wildman–Crippen LogP) is 0.649. The minimum absolute atomic E-state index is 0.0793. The largest absolute Gasteiger partial charge is 0.364 e. The van der Waals surface area contributed by atoms with Crippen molar-refractivity contribution >= 4 is 5.78 Å². The van der Waals surface area contributed by atoms with E-state index in [1.807, 2.05) is 0 Å². The van der Waals surface area contributed by atoms with Crippen molar-refractivity contribution in [3.05, 3.63) is 33.7 Å². The van der Waals surface area contributed by atoms with E-state index in [-0.39, 0.29) is 24.1 Å². The monoisotopic (exact) mass is 179 g/mol. The molecule has 0 spiro atoms. The first-order chi connectivity index (χ1) is 6.18. The summed E-state index contributed by atoms with van der Waals surface area (Å²) in [5, 5.41) is 0. The normalized spacial score (nSPS) is 21.3. The molecule has 0 saturated carbocycles. The van der Waals surface area contributed by atoms with Crippen molar-refractivity contribution in [2.75, 3.05) is 6.61 Å². The van der Waals surface area contributed by atoms with Crippen molar-refractivity contribution in [1.29, 1.82) is 0 Å². The predicted molar refractivity (Wildman–Crippen MR) is 45.8 cm³/mol. The van der Waals surface area contributed by atoms with Crippen molar-refractivity contribution < 1.29 is 9.53 Å². The summed E-state index contributed by atoms with van der Waals surface area (Å²) in [7, 11) is 0. The van der Waals surface area contributed by atoms with Crippen LogP contribution in [0.4, 0.5) is 0 Å². The number of hydrogen-bond donors (Lipinski definition) is 1. The first kappa shape index (κ1) is 8.19. The lowest BCUT2D eigenvalue weighted by atomic mass is 10.0. The number of pyridine rings is 1. The molecule has 68 valence electrons. The Bertz CT molecular complexity index is 408. The summed E-state index contributed by atoms with van der Waals surface area (Å²) in [5.41, 5.74) is 0.950. The second-order valence-corrected chi connectivity index (χ2v) is 3.03. The zero-order valence-corrected chi connectivity index (χ0v) is 7.16.